The second-order valence-corrected chi connectivity index (χ2v) is 4.68. The first-order valence-electron chi connectivity index (χ1n) is 6.87. The van der Waals surface area contributed by atoms with E-state index in [2.05, 4.69) is 28.0 Å². The van der Waals surface area contributed by atoms with Gasteiger partial charge in [-0.05, 0) is 12.1 Å². The van der Waals surface area contributed by atoms with E-state index in [-0.39, 0.29) is 0 Å². The van der Waals surface area contributed by atoms with E-state index < -0.39 is 0 Å². The number of anilines is 1. The van der Waals surface area contributed by atoms with E-state index in [1.807, 2.05) is 18.2 Å². The molecule has 0 N–H and O–H groups in total. The summed E-state index contributed by atoms with van der Waals surface area (Å²) >= 11 is 0. The van der Waals surface area contributed by atoms with Crippen LogP contribution in [0, 0.1) is 11.3 Å². The van der Waals surface area contributed by atoms with E-state index >= 15 is 0 Å². The first-order valence-corrected chi connectivity index (χ1v) is 6.87. The molecular weight excluding hydrogens is 238 g/mol. The Labute approximate surface area is 115 Å². The van der Waals surface area contributed by atoms with E-state index in [1.54, 1.807) is 0 Å². The second kappa shape index (κ2) is 7.78. The molecule has 0 aliphatic carbocycles. The summed E-state index contributed by atoms with van der Waals surface area (Å²) in [6.45, 7) is 6.50. The normalized spacial score (nSPS) is 15.9. The molecule has 0 amide bonds. The Morgan fingerprint density at radius 2 is 1.89 bits per heavy atom. The van der Waals surface area contributed by atoms with Crippen LogP contribution >= 0.6 is 0 Å². The summed E-state index contributed by atoms with van der Waals surface area (Å²) in [5.74, 6) is 0. The number of hydrogen-bond acceptors (Lipinski definition) is 4. The quantitative estimate of drug-likeness (QED) is 0.780. The van der Waals surface area contributed by atoms with Crippen LogP contribution in [0.2, 0.25) is 0 Å². The highest BCUT2D eigenvalue weighted by Gasteiger charge is 2.12. The van der Waals surface area contributed by atoms with Gasteiger partial charge in [0, 0.05) is 38.4 Å². The molecule has 4 heteroatoms. The SMILES string of the molecule is N#CCCN(CCN1CCOCC1)c1ccccc1. The van der Waals surface area contributed by atoms with E-state index in [0.29, 0.717) is 6.42 Å². The molecule has 0 radical (unpaired) electrons. The van der Waals surface area contributed by atoms with Crippen LogP contribution in [0.25, 0.3) is 0 Å². The Balaban J connectivity index is 1.88. The first kappa shape index (κ1) is 13.9. The molecule has 102 valence electrons. The van der Waals surface area contributed by atoms with Gasteiger partial charge in [-0.2, -0.15) is 5.26 Å². The summed E-state index contributed by atoms with van der Waals surface area (Å²) in [5, 5.41) is 8.78. The van der Waals surface area contributed by atoms with Crippen LogP contribution in [0.15, 0.2) is 30.3 Å². The van der Waals surface area contributed by atoms with Crippen molar-refractivity contribution in [2.75, 3.05) is 50.8 Å². The Morgan fingerprint density at radius 3 is 2.58 bits per heavy atom. The van der Waals surface area contributed by atoms with Gasteiger partial charge in [-0.1, -0.05) is 18.2 Å². The molecule has 1 saturated heterocycles. The number of para-hydroxylation sites is 1. The fourth-order valence-electron chi connectivity index (χ4n) is 2.28. The third-order valence-corrected chi connectivity index (χ3v) is 3.40. The van der Waals surface area contributed by atoms with Gasteiger partial charge in [-0.3, -0.25) is 4.90 Å². The summed E-state index contributed by atoms with van der Waals surface area (Å²) < 4.78 is 5.36. The Kier molecular flexibility index (Phi) is 5.67. The minimum atomic E-state index is 0.567. The lowest BCUT2D eigenvalue weighted by atomic mass is 10.2. The summed E-state index contributed by atoms with van der Waals surface area (Å²) in [5.41, 5.74) is 1.20. The molecule has 2 rings (SSSR count). The number of rotatable bonds is 6. The second-order valence-electron chi connectivity index (χ2n) is 4.68. The Hall–Kier alpha value is -1.57. The molecule has 0 unspecified atom stereocenters. The number of morpholine rings is 1. The van der Waals surface area contributed by atoms with Gasteiger partial charge in [-0.15, -0.1) is 0 Å². The predicted molar refractivity (Wildman–Crippen MR) is 76.1 cm³/mol. The van der Waals surface area contributed by atoms with Gasteiger partial charge in [0.05, 0.1) is 25.7 Å². The van der Waals surface area contributed by atoms with Crippen molar-refractivity contribution < 1.29 is 4.74 Å². The maximum Gasteiger partial charge on any atom is 0.0640 e. The standard InChI is InChI=1S/C15H21N3O/c16-7-4-8-18(15-5-2-1-3-6-15)10-9-17-11-13-19-14-12-17/h1-3,5-6H,4,8-14H2. The van der Waals surface area contributed by atoms with Gasteiger partial charge in [0.15, 0.2) is 0 Å². The predicted octanol–water partition coefficient (Wildman–Crippen LogP) is 1.74. The van der Waals surface area contributed by atoms with E-state index in [4.69, 9.17) is 10.00 Å². The highest BCUT2D eigenvalue weighted by molar-refractivity contribution is 5.46. The first-order chi connectivity index (χ1) is 9.40. The minimum absolute atomic E-state index is 0.567. The van der Waals surface area contributed by atoms with Crippen LogP contribution in [0.1, 0.15) is 6.42 Å². The highest BCUT2D eigenvalue weighted by atomic mass is 16.5. The molecule has 1 aromatic rings. The highest BCUT2D eigenvalue weighted by Crippen LogP contribution is 2.13. The van der Waals surface area contributed by atoms with Crippen molar-refractivity contribution in [3.63, 3.8) is 0 Å². The van der Waals surface area contributed by atoms with Crippen molar-refractivity contribution in [3.8, 4) is 6.07 Å². The molecule has 19 heavy (non-hydrogen) atoms. The third kappa shape index (κ3) is 4.55. The monoisotopic (exact) mass is 259 g/mol. The van der Waals surface area contributed by atoms with E-state index in [1.165, 1.54) is 5.69 Å². The average molecular weight is 259 g/mol. The number of nitriles is 1. The van der Waals surface area contributed by atoms with Crippen molar-refractivity contribution in [1.29, 1.82) is 5.26 Å². The molecule has 0 spiro atoms. The molecule has 1 heterocycles. The number of hydrogen-bond donors (Lipinski definition) is 0. The van der Waals surface area contributed by atoms with Crippen molar-refractivity contribution in [2.24, 2.45) is 0 Å². The molecule has 1 aromatic carbocycles. The van der Waals surface area contributed by atoms with Crippen LogP contribution in [0.3, 0.4) is 0 Å². The lowest BCUT2D eigenvalue weighted by molar-refractivity contribution is 0.0392. The molecule has 0 bridgehead atoms. The van der Waals surface area contributed by atoms with Gasteiger partial charge >= 0.3 is 0 Å². The van der Waals surface area contributed by atoms with E-state index in [0.717, 1.165) is 45.9 Å². The molecule has 0 atom stereocenters. The van der Waals surface area contributed by atoms with Crippen LogP contribution in [0.4, 0.5) is 5.69 Å². The molecular formula is C15H21N3O. The van der Waals surface area contributed by atoms with Crippen molar-refractivity contribution >= 4 is 5.69 Å². The van der Waals surface area contributed by atoms with Crippen molar-refractivity contribution in [3.05, 3.63) is 30.3 Å². The van der Waals surface area contributed by atoms with Crippen LogP contribution in [0.5, 0.6) is 0 Å². The molecule has 4 nitrogen and oxygen atoms in total. The topological polar surface area (TPSA) is 39.5 Å². The van der Waals surface area contributed by atoms with Crippen LogP contribution < -0.4 is 4.90 Å². The zero-order valence-corrected chi connectivity index (χ0v) is 11.3. The maximum absolute atomic E-state index is 8.78. The number of nitrogens with zero attached hydrogens (tertiary/aromatic N) is 3. The average Bonchev–Trinajstić information content (AvgIpc) is 2.49. The van der Waals surface area contributed by atoms with Gasteiger partial charge in [-0.25, -0.2) is 0 Å². The summed E-state index contributed by atoms with van der Waals surface area (Å²) in [6, 6.07) is 12.6. The van der Waals surface area contributed by atoms with Gasteiger partial charge in [0.1, 0.15) is 0 Å². The summed E-state index contributed by atoms with van der Waals surface area (Å²) in [6.07, 6.45) is 0.567. The molecule has 0 aromatic heterocycles. The lowest BCUT2D eigenvalue weighted by Gasteiger charge is -2.30. The largest absolute Gasteiger partial charge is 0.379 e. The van der Waals surface area contributed by atoms with Gasteiger partial charge in [0.25, 0.3) is 0 Å². The lowest BCUT2D eigenvalue weighted by Crippen LogP contribution is -2.41. The molecule has 0 saturated carbocycles. The van der Waals surface area contributed by atoms with Crippen molar-refractivity contribution in [2.45, 2.75) is 6.42 Å². The Bertz CT molecular complexity index is 396. The Morgan fingerprint density at radius 1 is 1.16 bits per heavy atom. The number of ether oxygens (including phenoxy) is 1. The van der Waals surface area contributed by atoms with E-state index in [9.17, 15) is 0 Å². The molecule has 1 aliphatic heterocycles. The zero-order valence-electron chi connectivity index (χ0n) is 11.3. The molecule has 1 aliphatic rings. The molecule has 1 fully saturated rings. The van der Waals surface area contributed by atoms with Crippen LogP contribution in [-0.4, -0.2) is 50.8 Å². The minimum Gasteiger partial charge on any atom is -0.379 e. The number of benzene rings is 1. The van der Waals surface area contributed by atoms with Gasteiger partial charge < -0.3 is 9.64 Å². The van der Waals surface area contributed by atoms with Crippen LogP contribution in [-0.2, 0) is 4.74 Å². The summed E-state index contributed by atoms with van der Waals surface area (Å²) in [4.78, 5) is 4.71. The third-order valence-electron chi connectivity index (χ3n) is 3.40. The smallest absolute Gasteiger partial charge is 0.0640 e. The van der Waals surface area contributed by atoms with Gasteiger partial charge in [0.2, 0.25) is 0 Å². The fourth-order valence-corrected chi connectivity index (χ4v) is 2.28. The maximum atomic E-state index is 8.78. The van der Waals surface area contributed by atoms with Crippen molar-refractivity contribution in [1.82, 2.24) is 4.90 Å². The summed E-state index contributed by atoms with van der Waals surface area (Å²) in [7, 11) is 0. The fraction of sp³-hybridized carbons (Fsp3) is 0.533. The zero-order chi connectivity index (χ0) is 13.3.